The summed E-state index contributed by atoms with van der Waals surface area (Å²) in [5, 5.41) is 0. The lowest BCUT2D eigenvalue weighted by atomic mass is 9.79. The number of hydrogen-bond donors (Lipinski definition) is 1. The second kappa shape index (κ2) is 5.21. The minimum atomic E-state index is -3.39. The Labute approximate surface area is 104 Å². The Morgan fingerprint density at radius 1 is 1.38 bits per heavy atom. The predicted molar refractivity (Wildman–Crippen MR) is 66.8 cm³/mol. The van der Waals surface area contributed by atoms with E-state index in [-0.39, 0.29) is 0 Å². The topological polar surface area (TPSA) is 49.4 Å². The van der Waals surface area contributed by atoms with Crippen LogP contribution in [0.4, 0.5) is 0 Å². The van der Waals surface area contributed by atoms with Gasteiger partial charge >= 0.3 is 0 Å². The van der Waals surface area contributed by atoms with Gasteiger partial charge in [0.05, 0.1) is 0 Å². The van der Waals surface area contributed by atoms with Gasteiger partial charge in [-0.1, -0.05) is 6.92 Å². The molecule has 1 fully saturated rings. The fourth-order valence-corrected chi connectivity index (χ4v) is 3.36. The molecule has 0 heterocycles. The van der Waals surface area contributed by atoms with Crippen LogP contribution in [0.1, 0.15) is 32.6 Å². The van der Waals surface area contributed by atoms with E-state index in [9.17, 15) is 8.42 Å². The second-order valence-corrected chi connectivity index (χ2v) is 7.14. The molecule has 1 aliphatic rings. The van der Waals surface area contributed by atoms with Gasteiger partial charge in [0.15, 0.2) is 0 Å². The number of alkyl halides is 1. The van der Waals surface area contributed by atoms with E-state index in [1.54, 1.807) is 0 Å². The highest BCUT2D eigenvalue weighted by Crippen LogP contribution is 2.33. The van der Waals surface area contributed by atoms with Gasteiger partial charge in [-0.3, -0.25) is 0 Å². The fraction of sp³-hybridized carbons (Fsp3) is 1.00. The first kappa shape index (κ1) is 14.2. The molecule has 0 atom stereocenters. The minimum absolute atomic E-state index is 0.340. The summed E-state index contributed by atoms with van der Waals surface area (Å²) in [5.41, 5.74) is -0.447. The Morgan fingerprint density at radius 2 is 1.88 bits per heavy atom. The van der Waals surface area contributed by atoms with Crippen LogP contribution in [0, 0.1) is 5.92 Å². The number of hydrogen-bond acceptors (Lipinski definition) is 2. The number of nitrogens with one attached hydrogen (secondary N) is 1. The highest BCUT2D eigenvalue weighted by molar-refractivity contribution is 7.87. The van der Waals surface area contributed by atoms with Gasteiger partial charge < -0.3 is 0 Å². The van der Waals surface area contributed by atoms with E-state index in [2.05, 4.69) is 11.6 Å². The third-order valence-corrected chi connectivity index (χ3v) is 5.48. The van der Waals surface area contributed by atoms with Crippen molar-refractivity contribution < 1.29 is 8.42 Å². The quantitative estimate of drug-likeness (QED) is 0.787. The maximum absolute atomic E-state index is 11.8. The van der Waals surface area contributed by atoms with Crippen LogP contribution < -0.4 is 4.72 Å². The highest BCUT2D eigenvalue weighted by Gasteiger charge is 2.37. The first-order valence-electron chi connectivity index (χ1n) is 5.59. The molecule has 0 amide bonds. The third kappa shape index (κ3) is 3.32. The van der Waals surface area contributed by atoms with Gasteiger partial charge in [-0.2, -0.15) is 17.4 Å². The van der Waals surface area contributed by atoms with E-state index in [0.29, 0.717) is 11.8 Å². The largest absolute Gasteiger partial charge is 0.279 e. The van der Waals surface area contributed by atoms with Crippen molar-refractivity contribution >= 4 is 21.8 Å². The molecule has 0 bridgehead atoms. The van der Waals surface area contributed by atoms with E-state index in [1.807, 2.05) is 0 Å². The van der Waals surface area contributed by atoms with Crippen molar-refractivity contribution in [2.45, 2.75) is 38.1 Å². The van der Waals surface area contributed by atoms with Crippen LogP contribution in [0.3, 0.4) is 0 Å². The summed E-state index contributed by atoms with van der Waals surface area (Å²) >= 11 is 5.95. The lowest BCUT2D eigenvalue weighted by molar-refractivity contribution is 0.244. The van der Waals surface area contributed by atoms with Crippen molar-refractivity contribution in [1.29, 1.82) is 0 Å². The number of rotatable bonds is 4. The van der Waals surface area contributed by atoms with Gasteiger partial charge in [-0.25, -0.2) is 0 Å². The van der Waals surface area contributed by atoms with Crippen LogP contribution in [-0.4, -0.2) is 38.2 Å². The lowest BCUT2D eigenvalue weighted by Crippen LogP contribution is -2.54. The molecule has 0 radical (unpaired) electrons. The summed E-state index contributed by atoms with van der Waals surface area (Å²) < 4.78 is 27.5. The van der Waals surface area contributed by atoms with E-state index in [0.717, 1.165) is 25.7 Å². The molecule has 0 aromatic carbocycles. The van der Waals surface area contributed by atoms with E-state index >= 15 is 0 Å². The minimum Gasteiger partial charge on any atom is -0.195 e. The summed E-state index contributed by atoms with van der Waals surface area (Å²) in [7, 11) is -0.340. The van der Waals surface area contributed by atoms with Crippen LogP contribution in [0.5, 0.6) is 0 Å². The zero-order chi connectivity index (χ0) is 12.4. The van der Waals surface area contributed by atoms with Crippen molar-refractivity contribution in [3.8, 4) is 0 Å². The molecule has 0 aromatic heterocycles. The Bertz CT molecular complexity index is 322. The molecule has 0 saturated heterocycles. The van der Waals surface area contributed by atoms with Crippen molar-refractivity contribution in [3.05, 3.63) is 0 Å². The molecule has 0 unspecified atom stereocenters. The molecule has 1 saturated carbocycles. The first-order valence-corrected chi connectivity index (χ1v) is 7.56. The average molecular weight is 269 g/mol. The van der Waals surface area contributed by atoms with Gasteiger partial charge in [-0.15, -0.1) is 11.6 Å². The summed E-state index contributed by atoms with van der Waals surface area (Å²) in [6.45, 7) is 2.19. The highest BCUT2D eigenvalue weighted by atomic mass is 35.5. The van der Waals surface area contributed by atoms with Gasteiger partial charge in [-0.05, 0) is 31.6 Å². The molecule has 1 N–H and O–H groups in total. The maximum atomic E-state index is 11.8. The van der Waals surface area contributed by atoms with Gasteiger partial charge in [0.1, 0.15) is 0 Å². The molecule has 0 aromatic rings. The predicted octanol–water partition coefficient (Wildman–Crippen LogP) is 1.57. The van der Waals surface area contributed by atoms with Crippen molar-refractivity contribution in [3.63, 3.8) is 0 Å². The molecule has 16 heavy (non-hydrogen) atoms. The Balaban J connectivity index is 2.76. The molecule has 6 heteroatoms. The van der Waals surface area contributed by atoms with E-state index < -0.39 is 15.7 Å². The summed E-state index contributed by atoms with van der Waals surface area (Å²) in [5.74, 6) is 1.01. The molecular weight excluding hydrogens is 248 g/mol. The first-order chi connectivity index (χ1) is 7.31. The molecule has 0 aliphatic heterocycles. The monoisotopic (exact) mass is 268 g/mol. The zero-order valence-corrected chi connectivity index (χ0v) is 11.7. The van der Waals surface area contributed by atoms with Crippen LogP contribution in [0.25, 0.3) is 0 Å². The molecule has 1 rings (SSSR count). The van der Waals surface area contributed by atoms with Crippen molar-refractivity contribution in [1.82, 2.24) is 9.03 Å². The van der Waals surface area contributed by atoms with Gasteiger partial charge in [0.2, 0.25) is 0 Å². The van der Waals surface area contributed by atoms with Crippen molar-refractivity contribution in [2.75, 3.05) is 20.0 Å². The van der Waals surface area contributed by atoms with Gasteiger partial charge in [0.25, 0.3) is 10.2 Å². The smallest absolute Gasteiger partial charge is 0.195 e. The van der Waals surface area contributed by atoms with Crippen molar-refractivity contribution in [2.24, 2.45) is 5.92 Å². The van der Waals surface area contributed by atoms with E-state index in [4.69, 9.17) is 11.6 Å². The Kier molecular flexibility index (Phi) is 4.63. The summed E-state index contributed by atoms with van der Waals surface area (Å²) in [6.07, 6.45) is 3.71. The zero-order valence-electron chi connectivity index (χ0n) is 10.2. The number of halogens is 1. The Hall–Kier alpha value is 0.160. The normalized spacial score (nSPS) is 31.9. The molecule has 4 nitrogen and oxygen atoms in total. The molecular formula is C10H21ClN2O2S. The molecule has 0 spiro atoms. The average Bonchev–Trinajstić information content (AvgIpc) is 2.21. The van der Waals surface area contributed by atoms with E-state index in [1.165, 1.54) is 18.4 Å². The van der Waals surface area contributed by atoms with Crippen LogP contribution in [-0.2, 0) is 10.2 Å². The lowest BCUT2D eigenvalue weighted by Gasteiger charge is -2.38. The standard InChI is InChI=1S/C10H21ClN2O2S/c1-9-4-6-10(8-11,7-5-9)12-16(14,15)13(2)3/h9,12H,4-8H2,1-3H3. The number of nitrogens with zero attached hydrogens (tertiary/aromatic N) is 1. The SMILES string of the molecule is CC1CCC(CCl)(NS(=O)(=O)N(C)C)CC1. The van der Waals surface area contributed by atoms with Crippen LogP contribution >= 0.6 is 11.6 Å². The fourth-order valence-electron chi connectivity index (χ4n) is 1.94. The molecule has 1 aliphatic carbocycles. The van der Waals surface area contributed by atoms with Gasteiger partial charge in [0, 0.05) is 25.5 Å². The summed E-state index contributed by atoms with van der Waals surface area (Å²) in [6, 6.07) is 0. The van der Waals surface area contributed by atoms with Crippen LogP contribution in [0.2, 0.25) is 0 Å². The molecule has 96 valence electrons. The van der Waals surface area contributed by atoms with Crippen LogP contribution in [0.15, 0.2) is 0 Å². The second-order valence-electron chi connectivity index (χ2n) is 4.99. The Morgan fingerprint density at radius 3 is 2.25 bits per heavy atom. The maximum Gasteiger partial charge on any atom is 0.279 e. The third-order valence-electron chi connectivity index (χ3n) is 3.31. The summed E-state index contributed by atoms with van der Waals surface area (Å²) in [4.78, 5) is 0.